The summed E-state index contributed by atoms with van der Waals surface area (Å²) in [6.07, 6.45) is 2.29. The number of hydrogen-bond donors (Lipinski definition) is 2. The fourth-order valence-electron chi connectivity index (χ4n) is 3.56. The predicted molar refractivity (Wildman–Crippen MR) is 99.3 cm³/mol. The van der Waals surface area contributed by atoms with Crippen molar-refractivity contribution < 1.29 is 14.4 Å². The van der Waals surface area contributed by atoms with Crippen LogP contribution in [-0.4, -0.2) is 29.3 Å². The van der Waals surface area contributed by atoms with Gasteiger partial charge in [0.2, 0.25) is 5.91 Å². The SMILES string of the molecule is O=C(CN1C(=O)NC2(CCCc3sccc32)C1=O)Nc1ccc(Cl)cc1. The molecule has 8 heteroatoms. The van der Waals surface area contributed by atoms with E-state index >= 15 is 0 Å². The van der Waals surface area contributed by atoms with Gasteiger partial charge in [0.1, 0.15) is 12.1 Å². The second-order valence-electron chi connectivity index (χ2n) is 6.39. The average molecular weight is 390 g/mol. The normalized spacial score (nSPS) is 21.7. The van der Waals surface area contributed by atoms with Crippen molar-refractivity contribution in [2.75, 3.05) is 11.9 Å². The van der Waals surface area contributed by atoms with Crippen molar-refractivity contribution >= 4 is 46.5 Å². The molecule has 1 aromatic carbocycles. The molecule has 1 fully saturated rings. The van der Waals surface area contributed by atoms with Crippen LogP contribution in [0.3, 0.4) is 0 Å². The molecular weight excluding hydrogens is 374 g/mol. The third-order valence-corrected chi connectivity index (χ3v) is 6.00. The number of hydrogen-bond acceptors (Lipinski definition) is 4. The molecule has 2 heterocycles. The second kappa shape index (κ2) is 6.41. The van der Waals surface area contributed by atoms with Gasteiger partial charge in [-0.15, -0.1) is 11.3 Å². The van der Waals surface area contributed by atoms with Crippen LogP contribution in [0.5, 0.6) is 0 Å². The monoisotopic (exact) mass is 389 g/mol. The fourth-order valence-corrected chi connectivity index (χ4v) is 4.69. The Balaban J connectivity index is 1.52. The lowest BCUT2D eigenvalue weighted by Gasteiger charge is -2.31. The number of amides is 4. The number of fused-ring (bicyclic) bond motifs is 2. The summed E-state index contributed by atoms with van der Waals surface area (Å²) in [4.78, 5) is 39.9. The van der Waals surface area contributed by atoms with Crippen LogP contribution in [0.1, 0.15) is 23.3 Å². The van der Waals surface area contributed by atoms with Gasteiger partial charge in [-0.25, -0.2) is 4.79 Å². The molecule has 6 nitrogen and oxygen atoms in total. The van der Waals surface area contributed by atoms with Crippen LogP contribution < -0.4 is 10.6 Å². The summed E-state index contributed by atoms with van der Waals surface area (Å²) in [6, 6.07) is 7.99. The molecule has 0 bridgehead atoms. The zero-order valence-electron chi connectivity index (χ0n) is 13.8. The number of imide groups is 1. The molecule has 2 aliphatic rings. The summed E-state index contributed by atoms with van der Waals surface area (Å²) >= 11 is 7.42. The zero-order chi connectivity index (χ0) is 18.3. The Labute approximate surface area is 159 Å². The molecule has 4 amide bonds. The second-order valence-corrected chi connectivity index (χ2v) is 7.83. The summed E-state index contributed by atoms with van der Waals surface area (Å²) in [5, 5.41) is 8.00. The Bertz CT molecular complexity index is 895. The van der Waals surface area contributed by atoms with Crippen LogP contribution in [0, 0.1) is 0 Å². The summed E-state index contributed by atoms with van der Waals surface area (Å²) in [7, 11) is 0. The van der Waals surface area contributed by atoms with E-state index in [1.165, 1.54) is 0 Å². The smallest absolute Gasteiger partial charge is 0.325 e. The van der Waals surface area contributed by atoms with E-state index in [2.05, 4.69) is 10.6 Å². The Morgan fingerprint density at radius 2 is 2.04 bits per heavy atom. The summed E-state index contributed by atoms with van der Waals surface area (Å²) in [5.41, 5.74) is 0.400. The molecule has 1 unspecified atom stereocenters. The molecule has 1 atom stereocenters. The van der Waals surface area contributed by atoms with Gasteiger partial charge in [-0.1, -0.05) is 11.6 Å². The van der Waals surface area contributed by atoms with Crippen LogP contribution >= 0.6 is 22.9 Å². The number of rotatable bonds is 3. The molecule has 0 radical (unpaired) electrons. The highest BCUT2D eigenvalue weighted by Gasteiger charge is 2.54. The van der Waals surface area contributed by atoms with Crippen molar-refractivity contribution in [3.8, 4) is 0 Å². The lowest BCUT2D eigenvalue weighted by molar-refractivity contribution is -0.134. The summed E-state index contributed by atoms with van der Waals surface area (Å²) in [5.74, 6) is -0.790. The number of thiophene rings is 1. The van der Waals surface area contributed by atoms with E-state index in [-0.39, 0.29) is 12.5 Å². The largest absolute Gasteiger partial charge is 0.325 e. The molecule has 2 N–H and O–H groups in total. The lowest BCUT2D eigenvalue weighted by atomic mass is 9.80. The first kappa shape index (κ1) is 17.1. The maximum absolute atomic E-state index is 13.0. The number of carbonyl (C=O) groups excluding carboxylic acids is 3. The summed E-state index contributed by atoms with van der Waals surface area (Å²) < 4.78 is 0. The molecule has 1 spiro atoms. The Kier molecular flexibility index (Phi) is 4.20. The molecule has 1 aliphatic carbocycles. The Hall–Kier alpha value is -2.38. The van der Waals surface area contributed by atoms with Gasteiger partial charge in [0.05, 0.1) is 0 Å². The van der Waals surface area contributed by atoms with Crippen LogP contribution in [0.15, 0.2) is 35.7 Å². The molecule has 1 saturated heterocycles. The number of nitrogens with one attached hydrogen (secondary N) is 2. The lowest BCUT2D eigenvalue weighted by Crippen LogP contribution is -2.46. The van der Waals surface area contributed by atoms with Crippen molar-refractivity contribution in [2.45, 2.75) is 24.8 Å². The first-order valence-corrected chi connectivity index (χ1v) is 9.52. The van der Waals surface area contributed by atoms with E-state index in [1.807, 2.05) is 11.4 Å². The maximum atomic E-state index is 13.0. The standard InChI is InChI=1S/C18H16ClN3O3S/c19-11-3-5-12(6-4-11)20-15(23)10-22-16(24)18(21-17(22)25)8-1-2-14-13(18)7-9-26-14/h3-7,9H,1-2,8,10H2,(H,20,23)(H,21,25). The maximum Gasteiger partial charge on any atom is 0.325 e. The third kappa shape index (κ3) is 2.77. The minimum Gasteiger partial charge on any atom is -0.325 e. The van der Waals surface area contributed by atoms with E-state index in [1.54, 1.807) is 35.6 Å². The van der Waals surface area contributed by atoms with Gasteiger partial charge < -0.3 is 10.6 Å². The van der Waals surface area contributed by atoms with Gasteiger partial charge >= 0.3 is 6.03 Å². The molecule has 26 heavy (non-hydrogen) atoms. The van der Waals surface area contributed by atoms with Crippen molar-refractivity contribution in [3.05, 3.63) is 51.2 Å². The van der Waals surface area contributed by atoms with Crippen LogP contribution in [0.4, 0.5) is 10.5 Å². The average Bonchev–Trinajstić information content (AvgIpc) is 3.18. The van der Waals surface area contributed by atoms with Crippen LogP contribution in [0.25, 0.3) is 0 Å². The van der Waals surface area contributed by atoms with Gasteiger partial charge in [-0.3, -0.25) is 14.5 Å². The van der Waals surface area contributed by atoms with Gasteiger partial charge in [0, 0.05) is 21.2 Å². The molecular formula is C18H16ClN3O3S. The quantitative estimate of drug-likeness (QED) is 0.791. The number of halogens is 1. The van der Waals surface area contributed by atoms with E-state index in [4.69, 9.17) is 11.6 Å². The van der Waals surface area contributed by atoms with Crippen LogP contribution in [0.2, 0.25) is 5.02 Å². The third-order valence-electron chi connectivity index (χ3n) is 4.77. The highest BCUT2D eigenvalue weighted by molar-refractivity contribution is 7.10. The zero-order valence-corrected chi connectivity index (χ0v) is 15.3. The Morgan fingerprint density at radius 1 is 1.27 bits per heavy atom. The number of urea groups is 1. The fraction of sp³-hybridized carbons (Fsp3) is 0.278. The molecule has 2 aromatic rings. The minimum absolute atomic E-state index is 0.325. The van der Waals surface area contributed by atoms with Crippen molar-refractivity contribution in [1.29, 1.82) is 0 Å². The van der Waals surface area contributed by atoms with Gasteiger partial charge in [0.25, 0.3) is 5.91 Å². The van der Waals surface area contributed by atoms with E-state index in [0.29, 0.717) is 17.1 Å². The van der Waals surface area contributed by atoms with Gasteiger partial charge in [0.15, 0.2) is 0 Å². The number of nitrogens with zero attached hydrogens (tertiary/aromatic N) is 1. The van der Waals surface area contributed by atoms with E-state index < -0.39 is 17.5 Å². The van der Waals surface area contributed by atoms with Crippen molar-refractivity contribution in [1.82, 2.24) is 10.2 Å². The first-order valence-electron chi connectivity index (χ1n) is 8.26. The van der Waals surface area contributed by atoms with Crippen LogP contribution in [-0.2, 0) is 21.5 Å². The Morgan fingerprint density at radius 3 is 2.81 bits per heavy atom. The number of carbonyl (C=O) groups is 3. The molecule has 4 rings (SSSR count). The summed E-state index contributed by atoms with van der Waals surface area (Å²) in [6.45, 7) is -0.325. The highest BCUT2D eigenvalue weighted by atomic mass is 35.5. The van der Waals surface area contributed by atoms with Gasteiger partial charge in [-0.2, -0.15) is 0 Å². The predicted octanol–water partition coefficient (Wildman–Crippen LogP) is 3.12. The minimum atomic E-state index is -1.02. The number of anilines is 1. The first-order chi connectivity index (χ1) is 12.5. The topological polar surface area (TPSA) is 78.5 Å². The highest BCUT2D eigenvalue weighted by Crippen LogP contribution is 2.42. The van der Waals surface area contributed by atoms with Gasteiger partial charge in [-0.05, 0) is 55.0 Å². The van der Waals surface area contributed by atoms with Crippen molar-refractivity contribution in [3.63, 3.8) is 0 Å². The molecule has 1 aliphatic heterocycles. The number of benzene rings is 1. The molecule has 134 valence electrons. The van der Waals surface area contributed by atoms with E-state index in [0.717, 1.165) is 28.2 Å². The molecule has 0 saturated carbocycles. The van der Waals surface area contributed by atoms with E-state index in [9.17, 15) is 14.4 Å². The van der Waals surface area contributed by atoms with Crippen molar-refractivity contribution in [2.24, 2.45) is 0 Å². The molecule has 1 aromatic heterocycles. The number of aryl methyl sites for hydroxylation is 1.